The van der Waals surface area contributed by atoms with E-state index in [1.165, 1.54) is 13.8 Å². The van der Waals surface area contributed by atoms with Gasteiger partial charge in [0.1, 0.15) is 6.10 Å². The van der Waals surface area contributed by atoms with Gasteiger partial charge in [-0.05, 0) is 20.8 Å². The van der Waals surface area contributed by atoms with Crippen molar-refractivity contribution in [2.45, 2.75) is 50.9 Å². The zero-order valence-electron chi connectivity index (χ0n) is 8.40. The first-order chi connectivity index (χ1) is 6.31. The molecular formula is C9H15FO4. The standard InChI is InChI=1S/C9H15FO4/c1-4-7(10)8(12)9(13,5(2)11)6(3)14-4/h4,6-8,12-13H,1-3H3. The van der Waals surface area contributed by atoms with E-state index in [-0.39, 0.29) is 0 Å². The lowest BCUT2D eigenvalue weighted by molar-refractivity contribution is -0.238. The summed E-state index contributed by atoms with van der Waals surface area (Å²) < 4.78 is 18.4. The van der Waals surface area contributed by atoms with E-state index in [9.17, 15) is 19.4 Å². The first-order valence-electron chi connectivity index (χ1n) is 4.52. The molecule has 5 atom stereocenters. The van der Waals surface area contributed by atoms with Gasteiger partial charge in [-0.25, -0.2) is 4.39 Å². The topological polar surface area (TPSA) is 66.8 Å². The van der Waals surface area contributed by atoms with Gasteiger partial charge in [0, 0.05) is 0 Å². The second kappa shape index (κ2) is 3.56. The average molecular weight is 206 g/mol. The van der Waals surface area contributed by atoms with E-state index in [1.807, 2.05) is 0 Å². The number of Topliss-reactive ketones (excluding diaryl/α,β-unsaturated/α-hetero) is 1. The Balaban J connectivity index is 3.00. The molecule has 1 saturated heterocycles. The van der Waals surface area contributed by atoms with Gasteiger partial charge in [0.15, 0.2) is 17.6 Å². The molecule has 0 aromatic carbocycles. The van der Waals surface area contributed by atoms with Crippen molar-refractivity contribution in [1.29, 1.82) is 0 Å². The molecule has 1 rings (SSSR count). The van der Waals surface area contributed by atoms with Crippen molar-refractivity contribution in [3.05, 3.63) is 0 Å². The van der Waals surface area contributed by atoms with E-state index >= 15 is 0 Å². The largest absolute Gasteiger partial charge is 0.386 e. The Bertz CT molecular complexity index is 245. The molecule has 4 nitrogen and oxygen atoms in total. The summed E-state index contributed by atoms with van der Waals surface area (Å²) >= 11 is 0. The normalized spacial score (nSPS) is 49.0. The highest BCUT2D eigenvalue weighted by molar-refractivity contribution is 5.86. The number of aliphatic hydroxyl groups is 2. The van der Waals surface area contributed by atoms with Gasteiger partial charge in [0.25, 0.3) is 0 Å². The van der Waals surface area contributed by atoms with Crippen LogP contribution in [0, 0.1) is 0 Å². The Labute approximate surface area is 81.7 Å². The number of rotatable bonds is 1. The van der Waals surface area contributed by atoms with Crippen molar-refractivity contribution in [3.63, 3.8) is 0 Å². The van der Waals surface area contributed by atoms with Crippen LogP contribution in [0.5, 0.6) is 0 Å². The summed E-state index contributed by atoms with van der Waals surface area (Å²) in [4.78, 5) is 11.1. The van der Waals surface area contributed by atoms with Gasteiger partial charge in [0.05, 0.1) is 12.2 Å². The third kappa shape index (κ3) is 1.45. The zero-order valence-corrected chi connectivity index (χ0v) is 8.40. The van der Waals surface area contributed by atoms with Gasteiger partial charge < -0.3 is 14.9 Å². The van der Waals surface area contributed by atoms with Crippen LogP contribution < -0.4 is 0 Å². The van der Waals surface area contributed by atoms with E-state index in [2.05, 4.69) is 0 Å². The van der Waals surface area contributed by atoms with Crippen LogP contribution in [-0.2, 0) is 9.53 Å². The minimum atomic E-state index is -2.13. The molecular weight excluding hydrogens is 191 g/mol. The van der Waals surface area contributed by atoms with E-state index < -0.39 is 35.9 Å². The summed E-state index contributed by atoms with van der Waals surface area (Å²) in [6, 6.07) is 0. The number of hydrogen-bond donors (Lipinski definition) is 2. The molecule has 2 N–H and O–H groups in total. The molecule has 0 bridgehead atoms. The van der Waals surface area contributed by atoms with Crippen LogP contribution in [0.2, 0.25) is 0 Å². The third-order valence-electron chi connectivity index (χ3n) is 2.80. The van der Waals surface area contributed by atoms with Gasteiger partial charge >= 0.3 is 0 Å². The summed E-state index contributed by atoms with van der Waals surface area (Å²) in [5.41, 5.74) is -2.13. The van der Waals surface area contributed by atoms with Crippen LogP contribution >= 0.6 is 0 Å². The number of alkyl halides is 1. The maximum Gasteiger partial charge on any atom is 0.177 e. The van der Waals surface area contributed by atoms with Crippen LogP contribution in [0.15, 0.2) is 0 Å². The van der Waals surface area contributed by atoms with Crippen LogP contribution in [0.3, 0.4) is 0 Å². The number of carbonyl (C=O) groups excluding carboxylic acids is 1. The smallest absolute Gasteiger partial charge is 0.177 e. The summed E-state index contributed by atoms with van der Waals surface area (Å²) in [6.45, 7) is 3.99. The zero-order chi connectivity index (χ0) is 11.1. The fourth-order valence-corrected chi connectivity index (χ4v) is 1.74. The van der Waals surface area contributed by atoms with Gasteiger partial charge in [-0.3, -0.25) is 4.79 Å². The molecule has 0 radical (unpaired) electrons. The minimum absolute atomic E-state index is 0.688. The molecule has 0 aliphatic carbocycles. The number of ketones is 1. The Hall–Kier alpha value is -0.520. The van der Waals surface area contributed by atoms with Crippen LogP contribution in [0.1, 0.15) is 20.8 Å². The lowest BCUT2D eigenvalue weighted by Crippen LogP contribution is -2.66. The summed E-state index contributed by atoms with van der Waals surface area (Å²) in [7, 11) is 0. The van der Waals surface area contributed by atoms with E-state index in [1.54, 1.807) is 0 Å². The van der Waals surface area contributed by atoms with Gasteiger partial charge in [-0.2, -0.15) is 0 Å². The number of carbonyl (C=O) groups is 1. The second-order valence-corrected chi connectivity index (χ2v) is 3.75. The van der Waals surface area contributed by atoms with Gasteiger partial charge in [0.2, 0.25) is 0 Å². The monoisotopic (exact) mass is 206 g/mol. The predicted octanol–water partition coefficient (Wildman–Crippen LogP) is -0.187. The number of hydrogen-bond acceptors (Lipinski definition) is 4. The van der Waals surface area contributed by atoms with E-state index in [0.29, 0.717) is 0 Å². The average Bonchev–Trinajstić information content (AvgIpc) is 2.11. The van der Waals surface area contributed by atoms with Gasteiger partial charge in [-0.1, -0.05) is 0 Å². The predicted molar refractivity (Wildman–Crippen MR) is 46.5 cm³/mol. The van der Waals surface area contributed by atoms with Crippen LogP contribution in [0.25, 0.3) is 0 Å². The summed E-state index contributed by atoms with van der Waals surface area (Å²) in [5, 5.41) is 19.3. The quantitative estimate of drug-likeness (QED) is 0.624. The lowest BCUT2D eigenvalue weighted by atomic mass is 9.81. The molecule has 82 valence electrons. The maximum atomic E-state index is 13.3. The third-order valence-corrected chi connectivity index (χ3v) is 2.80. The summed E-state index contributed by atoms with van der Waals surface area (Å²) in [6.07, 6.45) is -5.20. The molecule has 5 unspecified atom stereocenters. The lowest BCUT2D eigenvalue weighted by Gasteiger charge is -2.44. The van der Waals surface area contributed by atoms with Crippen molar-refractivity contribution in [2.24, 2.45) is 0 Å². The Morgan fingerprint density at radius 2 is 2.00 bits per heavy atom. The van der Waals surface area contributed by atoms with E-state index in [0.717, 1.165) is 6.92 Å². The van der Waals surface area contributed by atoms with Crippen LogP contribution in [-0.4, -0.2) is 46.1 Å². The molecule has 0 aromatic heterocycles. The number of aliphatic hydroxyl groups excluding tert-OH is 1. The highest BCUT2D eigenvalue weighted by Gasteiger charge is 2.55. The highest BCUT2D eigenvalue weighted by atomic mass is 19.1. The molecule has 1 heterocycles. The first-order valence-corrected chi connectivity index (χ1v) is 4.52. The fourth-order valence-electron chi connectivity index (χ4n) is 1.74. The van der Waals surface area contributed by atoms with Crippen molar-refractivity contribution in [1.82, 2.24) is 0 Å². The Morgan fingerprint density at radius 3 is 2.43 bits per heavy atom. The molecule has 0 amide bonds. The Morgan fingerprint density at radius 1 is 1.50 bits per heavy atom. The highest BCUT2D eigenvalue weighted by Crippen LogP contribution is 2.32. The molecule has 14 heavy (non-hydrogen) atoms. The van der Waals surface area contributed by atoms with Crippen molar-refractivity contribution in [3.8, 4) is 0 Å². The van der Waals surface area contributed by atoms with Crippen molar-refractivity contribution < 1.29 is 24.1 Å². The molecule has 1 aliphatic heterocycles. The van der Waals surface area contributed by atoms with Gasteiger partial charge in [-0.15, -0.1) is 0 Å². The number of halogens is 1. The van der Waals surface area contributed by atoms with Crippen molar-refractivity contribution in [2.75, 3.05) is 0 Å². The molecule has 1 aliphatic rings. The number of ether oxygens (including phenoxy) is 1. The fraction of sp³-hybridized carbons (Fsp3) is 0.889. The first kappa shape index (κ1) is 11.6. The molecule has 1 fully saturated rings. The molecule has 0 spiro atoms. The Kier molecular flexibility index (Phi) is 2.94. The molecule has 5 heteroatoms. The minimum Gasteiger partial charge on any atom is -0.386 e. The SMILES string of the molecule is CC(=O)C1(O)C(C)OC(C)C(F)C1O. The second-order valence-electron chi connectivity index (χ2n) is 3.75. The molecule has 0 aromatic rings. The van der Waals surface area contributed by atoms with Crippen LogP contribution in [0.4, 0.5) is 4.39 Å². The summed E-state index contributed by atoms with van der Waals surface area (Å²) in [5.74, 6) is -0.688. The van der Waals surface area contributed by atoms with E-state index in [4.69, 9.17) is 4.74 Å². The maximum absolute atomic E-state index is 13.3. The molecule has 0 saturated carbocycles. The van der Waals surface area contributed by atoms with Crippen molar-refractivity contribution >= 4 is 5.78 Å².